The summed E-state index contributed by atoms with van der Waals surface area (Å²) in [5.41, 5.74) is 5.69. The van der Waals surface area contributed by atoms with E-state index in [2.05, 4.69) is 22.3 Å². The number of aliphatic imine (C=N–C) groups is 1. The van der Waals surface area contributed by atoms with Crippen molar-refractivity contribution in [3.63, 3.8) is 0 Å². The van der Waals surface area contributed by atoms with Crippen molar-refractivity contribution in [3.8, 4) is 0 Å². The normalized spacial score (nSPS) is 11.0. The van der Waals surface area contributed by atoms with Crippen LogP contribution in [-0.4, -0.2) is 28.8 Å². The zero-order valence-electron chi connectivity index (χ0n) is 10.3. The molecule has 0 amide bonds. The first-order valence-corrected chi connectivity index (χ1v) is 5.84. The summed E-state index contributed by atoms with van der Waals surface area (Å²) in [6, 6.07) is 1.92. The van der Waals surface area contributed by atoms with Crippen LogP contribution in [0.25, 0.3) is 0 Å². The van der Waals surface area contributed by atoms with Crippen LogP contribution < -0.4 is 11.1 Å². The van der Waals surface area contributed by atoms with Gasteiger partial charge in [0.05, 0.1) is 0 Å². The largest absolute Gasteiger partial charge is 0.370 e. The van der Waals surface area contributed by atoms with Crippen LogP contribution in [-0.2, 0) is 6.54 Å². The second-order valence-electron chi connectivity index (χ2n) is 3.67. The number of aryl methyl sites for hydroxylation is 1. The Labute approximate surface area is 120 Å². The number of guanidine groups is 1. The van der Waals surface area contributed by atoms with E-state index in [0.717, 1.165) is 32.5 Å². The molecule has 0 aliphatic heterocycles. The summed E-state index contributed by atoms with van der Waals surface area (Å²) < 4.78 is 1.90. The van der Waals surface area contributed by atoms with E-state index in [-0.39, 0.29) is 24.0 Å². The number of unbranched alkanes of at least 4 members (excludes halogenated alkanes) is 1. The van der Waals surface area contributed by atoms with Gasteiger partial charge in [0.25, 0.3) is 0 Å². The number of nitrogens with zero attached hydrogens (tertiary/aromatic N) is 3. The van der Waals surface area contributed by atoms with Gasteiger partial charge in [-0.25, -0.2) is 0 Å². The molecule has 0 aromatic carbocycles. The van der Waals surface area contributed by atoms with Crippen molar-refractivity contribution in [1.29, 1.82) is 0 Å². The SMILES string of the molecule is CCCCNC(N)=NCCCn1cccn1.I. The van der Waals surface area contributed by atoms with Gasteiger partial charge in [-0.05, 0) is 18.9 Å². The maximum atomic E-state index is 5.69. The number of nitrogens with two attached hydrogens (primary N) is 1. The minimum absolute atomic E-state index is 0. The highest BCUT2D eigenvalue weighted by atomic mass is 127. The maximum absolute atomic E-state index is 5.69. The molecule has 98 valence electrons. The zero-order valence-corrected chi connectivity index (χ0v) is 12.6. The smallest absolute Gasteiger partial charge is 0.188 e. The monoisotopic (exact) mass is 351 g/mol. The number of hydrogen-bond donors (Lipinski definition) is 2. The molecular formula is C11H22IN5. The Hall–Kier alpha value is -0.790. The summed E-state index contributed by atoms with van der Waals surface area (Å²) in [7, 11) is 0. The van der Waals surface area contributed by atoms with Crippen molar-refractivity contribution in [1.82, 2.24) is 15.1 Å². The lowest BCUT2D eigenvalue weighted by Crippen LogP contribution is -2.32. The molecule has 0 saturated heterocycles. The van der Waals surface area contributed by atoms with Gasteiger partial charge in [0.2, 0.25) is 0 Å². The molecule has 17 heavy (non-hydrogen) atoms. The number of halogens is 1. The lowest BCUT2D eigenvalue weighted by molar-refractivity contribution is 0.584. The summed E-state index contributed by atoms with van der Waals surface area (Å²) >= 11 is 0. The highest BCUT2D eigenvalue weighted by Crippen LogP contribution is 1.89. The Balaban J connectivity index is 0.00000256. The Morgan fingerprint density at radius 2 is 2.29 bits per heavy atom. The lowest BCUT2D eigenvalue weighted by atomic mass is 10.3. The molecule has 0 atom stereocenters. The topological polar surface area (TPSA) is 68.2 Å². The lowest BCUT2D eigenvalue weighted by Gasteiger charge is -2.04. The molecule has 0 unspecified atom stereocenters. The fourth-order valence-corrected chi connectivity index (χ4v) is 1.31. The van der Waals surface area contributed by atoms with Crippen LogP contribution in [0.3, 0.4) is 0 Å². The van der Waals surface area contributed by atoms with Gasteiger partial charge in [0, 0.05) is 32.0 Å². The average molecular weight is 351 g/mol. The second kappa shape index (κ2) is 10.4. The molecule has 0 fully saturated rings. The molecule has 0 saturated carbocycles. The van der Waals surface area contributed by atoms with Crippen LogP contribution in [0.4, 0.5) is 0 Å². The van der Waals surface area contributed by atoms with E-state index in [1.807, 2.05) is 16.9 Å². The first-order valence-electron chi connectivity index (χ1n) is 5.84. The molecule has 1 rings (SSSR count). The fraction of sp³-hybridized carbons (Fsp3) is 0.636. The van der Waals surface area contributed by atoms with Crippen molar-refractivity contribution < 1.29 is 0 Å². The maximum Gasteiger partial charge on any atom is 0.188 e. The molecule has 1 heterocycles. The van der Waals surface area contributed by atoms with Gasteiger partial charge >= 0.3 is 0 Å². The van der Waals surface area contributed by atoms with Crippen molar-refractivity contribution in [2.75, 3.05) is 13.1 Å². The Morgan fingerprint density at radius 1 is 1.47 bits per heavy atom. The van der Waals surface area contributed by atoms with E-state index < -0.39 is 0 Å². The summed E-state index contributed by atoms with van der Waals surface area (Å²) in [4.78, 5) is 4.24. The number of hydrogen-bond acceptors (Lipinski definition) is 2. The molecule has 0 spiro atoms. The predicted octanol–water partition coefficient (Wildman–Crippen LogP) is 1.60. The minimum atomic E-state index is 0. The van der Waals surface area contributed by atoms with Gasteiger partial charge in [0.1, 0.15) is 0 Å². The van der Waals surface area contributed by atoms with Crippen molar-refractivity contribution in [2.24, 2.45) is 10.7 Å². The quantitative estimate of drug-likeness (QED) is 0.339. The highest BCUT2D eigenvalue weighted by molar-refractivity contribution is 14.0. The third-order valence-corrected chi connectivity index (χ3v) is 2.22. The van der Waals surface area contributed by atoms with E-state index in [0.29, 0.717) is 5.96 Å². The van der Waals surface area contributed by atoms with Gasteiger partial charge in [-0.15, -0.1) is 24.0 Å². The molecule has 0 aliphatic carbocycles. The third-order valence-electron chi connectivity index (χ3n) is 2.22. The second-order valence-corrected chi connectivity index (χ2v) is 3.67. The van der Waals surface area contributed by atoms with Crippen LogP contribution in [0, 0.1) is 0 Å². The van der Waals surface area contributed by atoms with E-state index in [4.69, 9.17) is 5.73 Å². The molecule has 0 aliphatic rings. The minimum Gasteiger partial charge on any atom is -0.370 e. The first kappa shape index (κ1) is 16.2. The number of nitrogens with one attached hydrogen (secondary N) is 1. The van der Waals surface area contributed by atoms with Crippen LogP contribution in [0.15, 0.2) is 23.5 Å². The number of aromatic nitrogens is 2. The molecule has 0 bridgehead atoms. The van der Waals surface area contributed by atoms with E-state index >= 15 is 0 Å². The van der Waals surface area contributed by atoms with Gasteiger partial charge in [-0.2, -0.15) is 5.10 Å². The molecule has 1 aromatic rings. The van der Waals surface area contributed by atoms with Gasteiger partial charge < -0.3 is 11.1 Å². The van der Waals surface area contributed by atoms with Crippen molar-refractivity contribution in [3.05, 3.63) is 18.5 Å². The number of rotatable bonds is 7. The predicted molar refractivity (Wildman–Crippen MR) is 81.7 cm³/mol. The molecule has 1 aromatic heterocycles. The highest BCUT2D eigenvalue weighted by Gasteiger charge is 1.92. The molecule has 3 N–H and O–H groups in total. The van der Waals surface area contributed by atoms with Crippen molar-refractivity contribution >= 4 is 29.9 Å². The van der Waals surface area contributed by atoms with Crippen LogP contribution in [0.5, 0.6) is 0 Å². The summed E-state index contributed by atoms with van der Waals surface area (Å²) in [6.07, 6.45) is 6.98. The Bertz CT molecular complexity index is 297. The van der Waals surface area contributed by atoms with Gasteiger partial charge in [0.15, 0.2) is 5.96 Å². The average Bonchev–Trinajstić information content (AvgIpc) is 2.78. The standard InChI is InChI=1S/C11H21N5.HI/c1-2-3-6-13-11(12)14-7-4-9-16-10-5-8-15-16;/h5,8,10H,2-4,6-7,9H2,1H3,(H3,12,13,14);1H. The molecular weight excluding hydrogens is 329 g/mol. The first-order chi connectivity index (χ1) is 7.83. The van der Waals surface area contributed by atoms with E-state index in [1.165, 1.54) is 6.42 Å². The fourth-order valence-electron chi connectivity index (χ4n) is 1.31. The molecule has 6 heteroatoms. The van der Waals surface area contributed by atoms with E-state index in [1.54, 1.807) is 6.20 Å². The third kappa shape index (κ3) is 8.00. The van der Waals surface area contributed by atoms with Crippen LogP contribution >= 0.6 is 24.0 Å². The van der Waals surface area contributed by atoms with Gasteiger partial charge in [-0.3, -0.25) is 9.67 Å². The van der Waals surface area contributed by atoms with E-state index in [9.17, 15) is 0 Å². The molecule has 5 nitrogen and oxygen atoms in total. The van der Waals surface area contributed by atoms with Gasteiger partial charge in [-0.1, -0.05) is 13.3 Å². The zero-order chi connectivity index (χ0) is 11.6. The Kier molecular flexibility index (Phi) is 9.89. The van der Waals surface area contributed by atoms with Crippen LogP contribution in [0.2, 0.25) is 0 Å². The summed E-state index contributed by atoms with van der Waals surface area (Å²) in [5, 5.41) is 7.20. The van der Waals surface area contributed by atoms with Crippen molar-refractivity contribution in [2.45, 2.75) is 32.7 Å². The summed E-state index contributed by atoms with van der Waals surface area (Å²) in [5.74, 6) is 0.550. The summed E-state index contributed by atoms with van der Waals surface area (Å²) in [6.45, 7) is 4.69. The molecule has 0 radical (unpaired) electrons. The Morgan fingerprint density at radius 3 is 2.94 bits per heavy atom. The van der Waals surface area contributed by atoms with Crippen LogP contribution in [0.1, 0.15) is 26.2 Å².